The second-order valence-electron chi connectivity index (χ2n) is 3.33. The predicted molar refractivity (Wildman–Crippen MR) is 37.2 cm³/mol. The fourth-order valence-electron chi connectivity index (χ4n) is 2.11. The van der Waals surface area contributed by atoms with Crippen LogP contribution in [0.5, 0.6) is 0 Å². The van der Waals surface area contributed by atoms with Gasteiger partial charge in [0.2, 0.25) is 5.91 Å². The molecule has 3 N–H and O–H groups in total. The van der Waals surface area contributed by atoms with E-state index in [4.69, 9.17) is 5.73 Å². The molecule has 1 saturated carbocycles. The molecule has 56 valence electrons. The van der Waals surface area contributed by atoms with Crippen molar-refractivity contribution in [2.75, 3.05) is 13.1 Å². The van der Waals surface area contributed by atoms with E-state index >= 15 is 0 Å². The van der Waals surface area contributed by atoms with Crippen LogP contribution >= 0.6 is 0 Å². The van der Waals surface area contributed by atoms with Crippen LogP contribution in [0.1, 0.15) is 6.42 Å². The van der Waals surface area contributed by atoms with Crippen molar-refractivity contribution in [2.45, 2.75) is 6.42 Å². The van der Waals surface area contributed by atoms with E-state index in [0.29, 0.717) is 5.92 Å². The van der Waals surface area contributed by atoms with Gasteiger partial charge < -0.3 is 11.1 Å². The van der Waals surface area contributed by atoms with E-state index in [2.05, 4.69) is 5.32 Å². The molecule has 1 aliphatic carbocycles. The zero-order valence-corrected chi connectivity index (χ0v) is 5.84. The number of rotatable bonds is 1. The van der Waals surface area contributed by atoms with Crippen molar-refractivity contribution in [3.63, 3.8) is 0 Å². The van der Waals surface area contributed by atoms with Gasteiger partial charge in [-0.1, -0.05) is 0 Å². The van der Waals surface area contributed by atoms with Gasteiger partial charge in [0.05, 0.1) is 0 Å². The maximum Gasteiger partial charge on any atom is 0.220 e. The van der Waals surface area contributed by atoms with Gasteiger partial charge in [-0.25, -0.2) is 0 Å². The number of amides is 1. The van der Waals surface area contributed by atoms with Crippen molar-refractivity contribution in [3.8, 4) is 0 Å². The molecule has 2 fully saturated rings. The molecule has 3 heteroatoms. The van der Waals surface area contributed by atoms with Crippen LogP contribution in [0.2, 0.25) is 0 Å². The largest absolute Gasteiger partial charge is 0.369 e. The first-order valence-corrected chi connectivity index (χ1v) is 3.79. The van der Waals surface area contributed by atoms with Gasteiger partial charge in [-0.05, 0) is 31.3 Å². The summed E-state index contributed by atoms with van der Waals surface area (Å²) in [5, 5.41) is 3.26. The van der Waals surface area contributed by atoms with E-state index < -0.39 is 0 Å². The second kappa shape index (κ2) is 1.95. The number of primary amides is 1. The summed E-state index contributed by atoms with van der Waals surface area (Å²) in [5.41, 5.74) is 5.19. The Hall–Kier alpha value is -0.570. The normalized spacial score (nSPS) is 44.2. The highest BCUT2D eigenvalue weighted by molar-refractivity contribution is 5.78. The van der Waals surface area contributed by atoms with E-state index in [0.717, 1.165) is 25.4 Å². The highest BCUT2D eigenvalue weighted by atomic mass is 16.1. The third-order valence-electron chi connectivity index (χ3n) is 2.83. The maximum absolute atomic E-state index is 10.7. The van der Waals surface area contributed by atoms with Crippen molar-refractivity contribution in [2.24, 2.45) is 23.5 Å². The van der Waals surface area contributed by atoms with Crippen molar-refractivity contribution >= 4 is 5.91 Å². The summed E-state index contributed by atoms with van der Waals surface area (Å²) >= 11 is 0. The fourth-order valence-corrected chi connectivity index (χ4v) is 2.11. The van der Waals surface area contributed by atoms with Crippen molar-refractivity contribution in [3.05, 3.63) is 0 Å². The summed E-state index contributed by atoms with van der Waals surface area (Å²) in [6.45, 7) is 2.09. The molecule has 2 rings (SSSR count). The topological polar surface area (TPSA) is 55.1 Å². The summed E-state index contributed by atoms with van der Waals surface area (Å²) in [7, 11) is 0. The molecular formula is C7H12N2O. The van der Waals surface area contributed by atoms with Gasteiger partial charge in [0, 0.05) is 5.92 Å². The highest BCUT2D eigenvalue weighted by Gasteiger charge is 2.46. The first kappa shape index (κ1) is 6.16. The molecular weight excluding hydrogens is 128 g/mol. The number of hydrogen-bond donors (Lipinski definition) is 2. The zero-order chi connectivity index (χ0) is 7.14. The van der Waals surface area contributed by atoms with Gasteiger partial charge in [0.25, 0.3) is 0 Å². The molecule has 0 radical (unpaired) electrons. The lowest BCUT2D eigenvalue weighted by atomic mass is 9.66. The van der Waals surface area contributed by atoms with E-state index in [9.17, 15) is 4.79 Å². The van der Waals surface area contributed by atoms with Crippen LogP contribution in [0.15, 0.2) is 0 Å². The Morgan fingerprint density at radius 2 is 2.30 bits per heavy atom. The van der Waals surface area contributed by atoms with Crippen molar-refractivity contribution < 1.29 is 4.79 Å². The number of carbonyl (C=O) groups excluding carboxylic acids is 1. The Morgan fingerprint density at radius 1 is 1.50 bits per heavy atom. The van der Waals surface area contributed by atoms with E-state index in [1.54, 1.807) is 0 Å². The number of fused-ring (bicyclic) bond motifs is 1. The lowest BCUT2D eigenvalue weighted by Crippen LogP contribution is -2.43. The summed E-state index contributed by atoms with van der Waals surface area (Å²) < 4.78 is 0. The molecule has 0 spiro atoms. The number of carbonyl (C=O) groups is 1. The van der Waals surface area contributed by atoms with Gasteiger partial charge in [-0.2, -0.15) is 0 Å². The van der Waals surface area contributed by atoms with E-state index in [1.165, 1.54) is 0 Å². The SMILES string of the molecule is NC(=O)C1CC2CNCC21. The fraction of sp³-hybridized carbons (Fsp3) is 0.857. The highest BCUT2D eigenvalue weighted by Crippen LogP contribution is 2.42. The molecule has 0 aromatic rings. The molecule has 1 aliphatic heterocycles. The smallest absolute Gasteiger partial charge is 0.220 e. The number of nitrogens with two attached hydrogens (primary N) is 1. The number of nitrogens with one attached hydrogen (secondary N) is 1. The van der Waals surface area contributed by atoms with E-state index in [1.807, 2.05) is 0 Å². The summed E-state index contributed by atoms with van der Waals surface area (Å²) in [4.78, 5) is 10.7. The molecule has 0 aromatic heterocycles. The summed E-state index contributed by atoms with van der Waals surface area (Å²) in [6.07, 6.45) is 1.02. The van der Waals surface area contributed by atoms with Crippen LogP contribution in [0.4, 0.5) is 0 Å². The second-order valence-corrected chi connectivity index (χ2v) is 3.33. The van der Waals surface area contributed by atoms with Crippen LogP contribution in [0, 0.1) is 17.8 Å². The van der Waals surface area contributed by atoms with Crippen molar-refractivity contribution in [1.82, 2.24) is 5.32 Å². The van der Waals surface area contributed by atoms with Crippen LogP contribution in [0.25, 0.3) is 0 Å². The van der Waals surface area contributed by atoms with Gasteiger partial charge in [0.15, 0.2) is 0 Å². The quantitative estimate of drug-likeness (QED) is 0.507. The minimum absolute atomic E-state index is 0.107. The zero-order valence-electron chi connectivity index (χ0n) is 5.84. The molecule has 3 unspecified atom stereocenters. The molecule has 3 atom stereocenters. The average molecular weight is 140 g/mol. The minimum Gasteiger partial charge on any atom is -0.369 e. The summed E-state index contributed by atoms with van der Waals surface area (Å²) in [5.74, 6) is 1.39. The molecule has 0 bridgehead atoms. The Morgan fingerprint density at radius 3 is 2.90 bits per heavy atom. The molecule has 10 heavy (non-hydrogen) atoms. The molecule has 0 aromatic carbocycles. The molecule has 1 saturated heterocycles. The Balaban J connectivity index is 2.00. The lowest BCUT2D eigenvalue weighted by Gasteiger charge is -2.37. The van der Waals surface area contributed by atoms with Crippen LogP contribution < -0.4 is 11.1 Å². The Kier molecular flexibility index (Phi) is 1.20. The Bertz CT molecular complexity index is 169. The van der Waals surface area contributed by atoms with Gasteiger partial charge >= 0.3 is 0 Å². The van der Waals surface area contributed by atoms with Gasteiger partial charge in [0.1, 0.15) is 0 Å². The summed E-state index contributed by atoms with van der Waals surface area (Å²) in [6, 6.07) is 0. The molecule has 2 aliphatic rings. The molecule has 1 heterocycles. The minimum atomic E-state index is -0.107. The third kappa shape index (κ3) is 0.669. The lowest BCUT2D eigenvalue weighted by molar-refractivity contribution is -0.128. The number of hydrogen-bond acceptors (Lipinski definition) is 2. The first-order chi connectivity index (χ1) is 4.79. The van der Waals surface area contributed by atoms with Crippen LogP contribution in [-0.2, 0) is 4.79 Å². The van der Waals surface area contributed by atoms with Crippen LogP contribution in [-0.4, -0.2) is 19.0 Å². The van der Waals surface area contributed by atoms with Crippen molar-refractivity contribution in [1.29, 1.82) is 0 Å². The van der Waals surface area contributed by atoms with Gasteiger partial charge in [-0.3, -0.25) is 4.79 Å². The van der Waals surface area contributed by atoms with Gasteiger partial charge in [-0.15, -0.1) is 0 Å². The standard InChI is InChI=1S/C7H12N2O/c8-7(10)5-1-4-2-9-3-6(4)5/h4-6,9H,1-3H2,(H2,8,10). The first-order valence-electron chi connectivity index (χ1n) is 3.79. The molecule has 1 amide bonds. The average Bonchev–Trinajstić information content (AvgIpc) is 2.11. The molecule has 3 nitrogen and oxygen atoms in total. The third-order valence-corrected chi connectivity index (χ3v) is 2.83. The van der Waals surface area contributed by atoms with E-state index in [-0.39, 0.29) is 11.8 Å². The maximum atomic E-state index is 10.7. The van der Waals surface area contributed by atoms with Crippen LogP contribution in [0.3, 0.4) is 0 Å². The Labute approximate surface area is 60.0 Å². The monoisotopic (exact) mass is 140 g/mol. The predicted octanol–water partition coefficient (Wildman–Crippen LogP) is -0.673.